The van der Waals surface area contributed by atoms with Gasteiger partial charge in [0, 0.05) is 10.4 Å². The number of aryl methyl sites for hydroxylation is 2. The van der Waals surface area contributed by atoms with Crippen LogP contribution in [0.5, 0.6) is 0 Å². The van der Waals surface area contributed by atoms with E-state index >= 15 is 0 Å². The van der Waals surface area contributed by atoms with E-state index in [9.17, 15) is 4.79 Å². The lowest BCUT2D eigenvalue weighted by Crippen LogP contribution is -2.21. The molecule has 6 nitrogen and oxygen atoms in total. The van der Waals surface area contributed by atoms with E-state index in [0.29, 0.717) is 28.8 Å². The fourth-order valence-electron chi connectivity index (χ4n) is 4.85. The molecule has 2 aromatic heterocycles. The van der Waals surface area contributed by atoms with Crippen LogP contribution in [0.4, 0.5) is 10.7 Å². The van der Waals surface area contributed by atoms with Gasteiger partial charge in [-0.05, 0) is 61.8 Å². The van der Waals surface area contributed by atoms with Crippen molar-refractivity contribution in [1.82, 2.24) is 9.78 Å². The molecule has 0 atom stereocenters. The Morgan fingerprint density at radius 3 is 2.46 bits per heavy atom. The number of anilines is 2. The first kappa shape index (κ1) is 26.6. The lowest BCUT2D eigenvalue weighted by atomic mass is 10.0. The number of fused-ring (bicyclic) bond motifs is 1. The molecule has 0 aliphatic heterocycles. The number of nitrogens with one attached hydrogen (secondary N) is 2. The van der Waals surface area contributed by atoms with E-state index in [-0.39, 0.29) is 5.97 Å². The van der Waals surface area contributed by atoms with Crippen molar-refractivity contribution in [2.45, 2.75) is 34.2 Å². The molecule has 0 unspecified atom stereocenters. The topological polar surface area (TPSA) is 68.2 Å². The number of benzene rings is 3. The number of nitrogens with zero attached hydrogens (tertiary/aromatic N) is 2. The minimum Gasteiger partial charge on any atom is -0.462 e. The fraction of sp³-hybridized carbons (Fsp3) is 0.194. The molecule has 5 rings (SSSR count). The van der Waals surface area contributed by atoms with E-state index in [4.69, 9.17) is 22.1 Å². The highest BCUT2D eigenvalue weighted by atomic mass is 32.1. The molecule has 8 heteroatoms. The molecule has 0 spiro atoms. The molecule has 198 valence electrons. The van der Waals surface area contributed by atoms with Gasteiger partial charge in [-0.3, -0.25) is 4.68 Å². The average molecular weight is 555 g/mol. The maximum atomic E-state index is 13.1. The van der Waals surface area contributed by atoms with Gasteiger partial charge in [-0.2, -0.15) is 5.10 Å². The molecule has 0 bridgehead atoms. The third kappa shape index (κ3) is 5.44. The Balaban J connectivity index is 1.41. The van der Waals surface area contributed by atoms with Gasteiger partial charge < -0.3 is 15.4 Å². The number of carbonyl (C=O) groups is 1. The number of ether oxygens (including phenoxy) is 1. The number of rotatable bonds is 7. The molecule has 3 aromatic carbocycles. The first-order valence-electron chi connectivity index (χ1n) is 12.8. The second-order valence-electron chi connectivity index (χ2n) is 9.24. The Kier molecular flexibility index (Phi) is 7.77. The van der Waals surface area contributed by atoms with Gasteiger partial charge >= 0.3 is 5.97 Å². The van der Waals surface area contributed by atoms with E-state index in [2.05, 4.69) is 53.1 Å². The summed E-state index contributed by atoms with van der Waals surface area (Å²) < 4.78 is 7.42. The van der Waals surface area contributed by atoms with Crippen LogP contribution < -0.4 is 10.6 Å². The zero-order valence-electron chi connectivity index (χ0n) is 22.4. The molecular weight excluding hydrogens is 525 g/mol. The molecule has 0 saturated heterocycles. The molecular formula is C31H30N4O2S2. The van der Waals surface area contributed by atoms with Crippen molar-refractivity contribution in [1.29, 1.82) is 0 Å². The third-order valence-electron chi connectivity index (χ3n) is 6.67. The van der Waals surface area contributed by atoms with Gasteiger partial charge in [0.15, 0.2) is 5.11 Å². The van der Waals surface area contributed by atoms with Crippen molar-refractivity contribution in [2.75, 3.05) is 17.2 Å². The smallest absolute Gasteiger partial charge is 0.341 e. The molecule has 0 saturated carbocycles. The zero-order valence-corrected chi connectivity index (χ0v) is 24.0. The van der Waals surface area contributed by atoms with Crippen molar-refractivity contribution in [3.05, 3.63) is 100 Å². The van der Waals surface area contributed by atoms with E-state index in [1.54, 1.807) is 6.92 Å². The number of esters is 1. The minimum absolute atomic E-state index is 0.290. The van der Waals surface area contributed by atoms with Crippen LogP contribution in [0, 0.1) is 20.8 Å². The molecule has 5 aromatic rings. The van der Waals surface area contributed by atoms with Crippen molar-refractivity contribution in [2.24, 2.45) is 0 Å². The van der Waals surface area contributed by atoms with Crippen LogP contribution in [-0.4, -0.2) is 27.5 Å². The summed E-state index contributed by atoms with van der Waals surface area (Å²) in [6, 6.07) is 24.6. The summed E-state index contributed by atoms with van der Waals surface area (Å²) in [5.74, 6) is -0.374. The Morgan fingerprint density at radius 1 is 0.974 bits per heavy atom. The number of thiocarbonyl (C=S) groups is 1. The van der Waals surface area contributed by atoms with Crippen molar-refractivity contribution in [3.8, 4) is 11.1 Å². The van der Waals surface area contributed by atoms with Crippen LogP contribution in [0.3, 0.4) is 0 Å². The van der Waals surface area contributed by atoms with Crippen molar-refractivity contribution >= 4 is 56.1 Å². The van der Waals surface area contributed by atoms with Crippen molar-refractivity contribution in [3.63, 3.8) is 0 Å². The van der Waals surface area contributed by atoms with Crippen LogP contribution in [0.2, 0.25) is 0 Å². The zero-order chi connectivity index (χ0) is 27.5. The summed E-state index contributed by atoms with van der Waals surface area (Å²) in [6.07, 6.45) is 0. The van der Waals surface area contributed by atoms with Crippen LogP contribution in [0.1, 0.15) is 39.1 Å². The normalized spacial score (nSPS) is 11.0. The molecule has 2 heterocycles. The van der Waals surface area contributed by atoms with Gasteiger partial charge in [0.1, 0.15) is 10.6 Å². The maximum Gasteiger partial charge on any atom is 0.341 e. The summed E-state index contributed by atoms with van der Waals surface area (Å²) in [7, 11) is 0. The standard InChI is InChI=1S/C31H30N4O2S2/c1-5-37-30(36)27-26(23-13-7-6-8-14-23)21(4)39-29(27)33-31(38)32-28-19(2)34-35(20(28)3)18-24-16-11-15-22-12-9-10-17-25(22)24/h6-17H,5,18H2,1-4H3,(H2,32,33,38). The van der Waals surface area contributed by atoms with Crippen molar-refractivity contribution < 1.29 is 9.53 Å². The summed E-state index contributed by atoms with van der Waals surface area (Å²) in [6.45, 7) is 8.74. The average Bonchev–Trinajstić information content (AvgIpc) is 3.39. The Morgan fingerprint density at radius 2 is 1.69 bits per heavy atom. The summed E-state index contributed by atoms with van der Waals surface area (Å²) in [5.41, 5.74) is 6.18. The SMILES string of the molecule is CCOC(=O)c1c(NC(=S)Nc2c(C)nn(Cc3cccc4ccccc34)c2C)sc(C)c1-c1ccccc1. The Bertz CT molecular complexity index is 1670. The molecule has 2 N–H and O–H groups in total. The van der Waals surface area contributed by atoms with E-state index in [1.165, 1.54) is 27.7 Å². The van der Waals surface area contributed by atoms with Gasteiger partial charge in [0.05, 0.1) is 30.2 Å². The van der Waals surface area contributed by atoms with Gasteiger partial charge in [-0.15, -0.1) is 11.3 Å². The van der Waals surface area contributed by atoms with E-state index < -0.39 is 0 Å². The monoisotopic (exact) mass is 554 g/mol. The first-order chi connectivity index (χ1) is 18.9. The lowest BCUT2D eigenvalue weighted by Gasteiger charge is -2.13. The van der Waals surface area contributed by atoms with Gasteiger partial charge in [-0.1, -0.05) is 72.8 Å². The number of thiophene rings is 1. The van der Waals surface area contributed by atoms with Crippen LogP contribution in [-0.2, 0) is 11.3 Å². The molecule has 0 radical (unpaired) electrons. The Labute approximate surface area is 237 Å². The largest absolute Gasteiger partial charge is 0.462 e. The highest BCUT2D eigenvalue weighted by molar-refractivity contribution is 7.80. The predicted octanol–water partition coefficient (Wildman–Crippen LogP) is 7.72. The van der Waals surface area contributed by atoms with Crippen LogP contribution >= 0.6 is 23.6 Å². The quantitative estimate of drug-likeness (QED) is 0.159. The highest BCUT2D eigenvalue weighted by Crippen LogP contribution is 2.40. The number of aromatic nitrogens is 2. The molecule has 0 amide bonds. The number of carbonyl (C=O) groups excluding carboxylic acids is 1. The highest BCUT2D eigenvalue weighted by Gasteiger charge is 2.25. The summed E-state index contributed by atoms with van der Waals surface area (Å²) in [4.78, 5) is 14.1. The second kappa shape index (κ2) is 11.4. The van der Waals surface area contributed by atoms with E-state index in [0.717, 1.165) is 33.1 Å². The van der Waals surface area contributed by atoms with E-state index in [1.807, 2.05) is 55.8 Å². The second-order valence-corrected chi connectivity index (χ2v) is 10.9. The lowest BCUT2D eigenvalue weighted by molar-refractivity contribution is 0.0529. The van der Waals surface area contributed by atoms with Gasteiger partial charge in [0.25, 0.3) is 0 Å². The fourth-order valence-corrected chi connectivity index (χ4v) is 6.19. The number of hydrogen-bond donors (Lipinski definition) is 2. The molecule has 0 aliphatic rings. The summed E-state index contributed by atoms with van der Waals surface area (Å²) >= 11 is 7.20. The molecule has 0 aliphatic carbocycles. The van der Waals surface area contributed by atoms with Gasteiger partial charge in [-0.25, -0.2) is 4.79 Å². The molecule has 39 heavy (non-hydrogen) atoms. The first-order valence-corrected chi connectivity index (χ1v) is 14.0. The van der Waals surface area contributed by atoms with Gasteiger partial charge in [0.2, 0.25) is 0 Å². The Hall–Kier alpha value is -4.01. The van der Waals surface area contributed by atoms with Crippen LogP contribution in [0.15, 0.2) is 72.8 Å². The predicted molar refractivity (Wildman–Crippen MR) is 165 cm³/mol. The summed E-state index contributed by atoms with van der Waals surface area (Å²) in [5, 5.41) is 14.9. The maximum absolute atomic E-state index is 13.1. The van der Waals surface area contributed by atoms with Crippen LogP contribution in [0.25, 0.3) is 21.9 Å². The minimum atomic E-state index is -0.374. The molecule has 0 fully saturated rings. The number of hydrogen-bond acceptors (Lipinski definition) is 5. The third-order valence-corrected chi connectivity index (χ3v) is 7.90.